The molecule has 1 aromatic carbocycles. The summed E-state index contributed by atoms with van der Waals surface area (Å²) in [5.74, 6) is 0.719. The van der Waals surface area contributed by atoms with E-state index in [4.69, 9.17) is 0 Å². The molecule has 0 amide bonds. The van der Waals surface area contributed by atoms with Crippen molar-refractivity contribution < 1.29 is 0 Å². The van der Waals surface area contributed by atoms with Crippen LogP contribution >= 0.6 is 11.3 Å². The lowest BCUT2D eigenvalue weighted by Gasteiger charge is -2.10. The minimum atomic E-state index is -0.0254. The molecule has 3 aromatic heterocycles. The number of aryl methyl sites for hydroxylation is 3. The Morgan fingerprint density at radius 3 is 2.54 bits per heavy atom. The number of thiophene rings is 1. The summed E-state index contributed by atoms with van der Waals surface area (Å²) in [5, 5.41) is 0. The van der Waals surface area contributed by atoms with Gasteiger partial charge in [0.25, 0.3) is 5.56 Å². The first-order valence-electron chi connectivity index (χ1n) is 9.26. The number of nitrogens with zero attached hydrogens (tertiary/aromatic N) is 3. The standard InChI is InChI=1S/C23H21N3OS/c1-16-7-6-12-24-21(16)22-17(2)15-19(28-22)23-25-13-10-20(27)26(23)14-11-18-8-4-3-5-9-18/h3-10,12-13,15H,11,14H2,1-2H3. The zero-order valence-corrected chi connectivity index (χ0v) is 16.7. The second kappa shape index (κ2) is 7.90. The summed E-state index contributed by atoms with van der Waals surface area (Å²) < 4.78 is 1.77. The molecule has 0 aliphatic rings. The highest BCUT2D eigenvalue weighted by Crippen LogP contribution is 2.37. The molecular weight excluding hydrogens is 366 g/mol. The highest BCUT2D eigenvalue weighted by atomic mass is 32.1. The zero-order chi connectivity index (χ0) is 19.5. The Labute approximate surface area is 168 Å². The Bertz CT molecular complexity index is 1160. The van der Waals surface area contributed by atoms with Gasteiger partial charge in [0.1, 0.15) is 0 Å². The van der Waals surface area contributed by atoms with Gasteiger partial charge in [-0.2, -0.15) is 0 Å². The van der Waals surface area contributed by atoms with Crippen LogP contribution in [0.5, 0.6) is 0 Å². The van der Waals surface area contributed by atoms with Crippen molar-refractivity contribution in [1.82, 2.24) is 14.5 Å². The third-order valence-corrected chi connectivity index (χ3v) is 6.01. The summed E-state index contributed by atoms with van der Waals surface area (Å²) in [6.45, 7) is 4.75. The van der Waals surface area contributed by atoms with E-state index in [0.29, 0.717) is 6.54 Å². The average Bonchev–Trinajstić information content (AvgIpc) is 3.09. The van der Waals surface area contributed by atoms with Crippen LogP contribution < -0.4 is 5.56 Å². The van der Waals surface area contributed by atoms with Gasteiger partial charge >= 0.3 is 0 Å². The summed E-state index contributed by atoms with van der Waals surface area (Å²) in [6.07, 6.45) is 4.20. The Morgan fingerprint density at radius 1 is 0.929 bits per heavy atom. The van der Waals surface area contributed by atoms with E-state index in [1.807, 2.05) is 30.5 Å². The van der Waals surface area contributed by atoms with Crippen LogP contribution in [0.15, 0.2) is 71.8 Å². The normalized spacial score (nSPS) is 10.9. The predicted octanol–water partition coefficient (Wildman–Crippen LogP) is 4.89. The van der Waals surface area contributed by atoms with E-state index < -0.39 is 0 Å². The van der Waals surface area contributed by atoms with Gasteiger partial charge in [0, 0.05) is 25.0 Å². The molecule has 0 atom stereocenters. The van der Waals surface area contributed by atoms with Crippen molar-refractivity contribution in [1.29, 1.82) is 0 Å². The summed E-state index contributed by atoms with van der Waals surface area (Å²) >= 11 is 1.64. The summed E-state index contributed by atoms with van der Waals surface area (Å²) in [6, 6.07) is 17.9. The molecule has 4 rings (SSSR count). The molecule has 4 aromatic rings. The number of hydrogen-bond donors (Lipinski definition) is 0. The van der Waals surface area contributed by atoms with E-state index in [1.165, 1.54) is 11.6 Å². The molecule has 0 spiro atoms. The van der Waals surface area contributed by atoms with Gasteiger partial charge in [-0.15, -0.1) is 11.3 Å². The van der Waals surface area contributed by atoms with Crippen LogP contribution in [0, 0.1) is 13.8 Å². The smallest absolute Gasteiger partial charge is 0.253 e. The predicted molar refractivity (Wildman–Crippen MR) is 115 cm³/mol. The second-order valence-corrected chi connectivity index (χ2v) is 7.84. The molecule has 140 valence electrons. The van der Waals surface area contributed by atoms with Gasteiger partial charge in [-0.05, 0) is 49.1 Å². The van der Waals surface area contributed by atoms with E-state index in [9.17, 15) is 4.79 Å². The maximum atomic E-state index is 12.6. The first-order chi connectivity index (χ1) is 13.6. The molecule has 0 N–H and O–H groups in total. The third-order valence-electron chi connectivity index (χ3n) is 4.77. The van der Waals surface area contributed by atoms with Gasteiger partial charge < -0.3 is 0 Å². The first-order valence-corrected chi connectivity index (χ1v) is 10.1. The molecule has 0 saturated carbocycles. The van der Waals surface area contributed by atoms with Crippen LogP contribution in [0.1, 0.15) is 16.7 Å². The molecule has 0 radical (unpaired) electrons. The van der Waals surface area contributed by atoms with Crippen LogP contribution in [0.25, 0.3) is 21.3 Å². The van der Waals surface area contributed by atoms with Crippen molar-refractivity contribution in [2.45, 2.75) is 26.8 Å². The van der Waals surface area contributed by atoms with Crippen molar-refractivity contribution in [3.63, 3.8) is 0 Å². The van der Waals surface area contributed by atoms with Gasteiger partial charge in [0.05, 0.1) is 15.4 Å². The highest BCUT2D eigenvalue weighted by Gasteiger charge is 2.16. The van der Waals surface area contributed by atoms with Crippen LogP contribution in [0.2, 0.25) is 0 Å². The molecule has 28 heavy (non-hydrogen) atoms. The van der Waals surface area contributed by atoms with Gasteiger partial charge in [0.15, 0.2) is 5.82 Å². The molecule has 0 saturated heterocycles. The van der Waals surface area contributed by atoms with Crippen molar-refractivity contribution in [3.05, 3.63) is 94.0 Å². The summed E-state index contributed by atoms with van der Waals surface area (Å²) in [4.78, 5) is 23.8. The number of aromatic nitrogens is 3. The molecule has 5 heteroatoms. The van der Waals surface area contributed by atoms with Gasteiger partial charge in [-0.25, -0.2) is 4.98 Å². The minimum absolute atomic E-state index is 0.0254. The largest absolute Gasteiger partial charge is 0.292 e. The summed E-state index contributed by atoms with van der Waals surface area (Å²) in [5.41, 5.74) is 4.46. The number of pyridine rings is 1. The minimum Gasteiger partial charge on any atom is -0.292 e. The van der Waals surface area contributed by atoms with Gasteiger partial charge in [-0.1, -0.05) is 36.4 Å². The van der Waals surface area contributed by atoms with E-state index in [0.717, 1.165) is 38.8 Å². The first kappa shape index (κ1) is 18.3. The van der Waals surface area contributed by atoms with Crippen molar-refractivity contribution in [3.8, 4) is 21.3 Å². The van der Waals surface area contributed by atoms with Crippen LogP contribution in [0.4, 0.5) is 0 Å². The molecule has 0 aliphatic carbocycles. The highest BCUT2D eigenvalue weighted by molar-refractivity contribution is 7.19. The third kappa shape index (κ3) is 3.66. The van der Waals surface area contributed by atoms with E-state index in [1.54, 1.807) is 22.1 Å². The zero-order valence-electron chi connectivity index (χ0n) is 15.9. The van der Waals surface area contributed by atoms with Crippen LogP contribution in [-0.2, 0) is 13.0 Å². The van der Waals surface area contributed by atoms with Crippen LogP contribution in [-0.4, -0.2) is 14.5 Å². The SMILES string of the molecule is Cc1cccnc1-c1sc(-c2nccc(=O)n2CCc2ccccc2)cc1C. The molecule has 3 heterocycles. The average molecular weight is 388 g/mol. The monoisotopic (exact) mass is 387 g/mol. The topological polar surface area (TPSA) is 47.8 Å². The van der Waals surface area contributed by atoms with E-state index in [-0.39, 0.29) is 5.56 Å². The molecule has 0 unspecified atom stereocenters. The fourth-order valence-corrected chi connectivity index (χ4v) is 4.52. The number of rotatable bonds is 5. The van der Waals surface area contributed by atoms with E-state index >= 15 is 0 Å². The molecular formula is C23H21N3OS. The van der Waals surface area contributed by atoms with Crippen LogP contribution in [0.3, 0.4) is 0 Å². The lowest BCUT2D eigenvalue weighted by molar-refractivity contribution is 0.664. The van der Waals surface area contributed by atoms with Gasteiger partial charge in [-0.3, -0.25) is 14.3 Å². The van der Waals surface area contributed by atoms with Crippen molar-refractivity contribution in [2.75, 3.05) is 0 Å². The van der Waals surface area contributed by atoms with Crippen molar-refractivity contribution in [2.24, 2.45) is 0 Å². The molecule has 4 nitrogen and oxygen atoms in total. The molecule has 0 aliphatic heterocycles. The fourth-order valence-electron chi connectivity index (χ4n) is 3.28. The maximum Gasteiger partial charge on any atom is 0.253 e. The summed E-state index contributed by atoms with van der Waals surface area (Å²) in [7, 11) is 0. The number of benzene rings is 1. The Balaban J connectivity index is 1.72. The lowest BCUT2D eigenvalue weighted by Crippen LogP contribution is -2.22. The van der Waals surface area contributed by atoms with Crippen molar-refractivity contribution >= 4 is 11.3 Å². The molecule has 0 fully saturated rings. The Kier molecular flexibility index (Phi) is 5.17. The second-order valence-electron chi connectivity index (χ2n) is 6.79. The van der Waals surface area contributed by atoms with E-state index in [2.05, 4.69) is 48.1 Å². The Morgan fingerprint density at radius 2 is 1.75 bits per heavy atom. The lowest BCUT2D eigenvalue weighted by atomic mass is 10.1. The van der Waals surface area contributed by atoms with Gasteiger partial charge in [0.2, 0.25) is 0 Å². The Hall–Kier alpha value is -3.05. The number of hydrogen-bond acceptors (Lipinski definition) is 4. The quantitative estimate of drug-likeness (QED) is 0.490. The fraction of sp³-hybridized carbons (Fsp3) is 0.174. The molecule has 0 bridgehead atoms. The maximum absolute atomic E-state index is 12.6.